The number of hydrogen-bond acceptors (Lipinski definition) is 4. The largest absolute Gasteiger partial charge is 0.480 e. The molecule has 6 heteroatoms. The van der Waals surface area contributed by atoms with Gasteiger partial charge in [0.1, 0.15) is 6.54 Å². The first-order valence-electron chi connectivity index (χ1n) is 5.63. The van der Waals surface area contributed by atoms with E-state index >= 15 is 0 Å². The molecule has 1 aromatic carbocycles. The van der Waals surface area contributed by atoms with Crippen LogP contribution in [0, 0.1) is 6.92 Å². The number of benzene rings is 1. The molecule has 1 aliphatic heterocycles. The van der Waals surface area contributed by atoms with Gasteiger partial charge in [0.25, 0.3) is 0 Å². The Morgan fingerprint density at radius 1 is 1.50 bits per heavy atom. The number of rotatable bonds is 2. The standard InChI is InChI=1S/C12H15NO4S/c1-8-3-4-11-10(5-8)13(7-12(14)15)6-9(2)18(11,16)17/h3-5,9H,6-7H2,1-2H3,(H,14,15). The van der Waals surface area contributed by atoms with Gasteiger partial charge in [0.05, 0.1) is 15.8 Å². The minimum Gasteiger partial charge on any atom is -0.480 e. The minimum absolute atomic E-state index is 0.184. The van der Waals surface area contributed by atoms with Crippen molar-refractivity contribution in [1.29, 1.82) is 0 Å². The summed E-state index contributed by atoms with van der Waals surface area (Å²) in [7, 11) is -3.34. The summed E-state index contributed by atoms with van der Waals surface area (Å²) in [6.45, 7) is 3.48. The van der Waals surface area contributed by atoms with Gasteiger partial charge >= 0.3 is 5.97 Å². The molecule has 0 saturated heterocycles. The van der Waals surface area contributed by atoms with Crippen LogP contribution in [0.15, 0.2) is 23.1 Å². The Bertz CT molecular complexity index is 594. The molecule has 18 heavy (non-hydrogen) atoms. The van der Waals surface area contributed by atoms with Crippen molar-refractivity contribution in [2.75, 3.05) is 18.0 Å². The Morgan fingerprint density at radius 3 is 2.78 bits per heavy atom. The Labute approximate surface area is 106 Å². The van der Waals surface area contributed by atoms with Crippen LogP contribution in [0.2, 0.25) is 0 Å². The second-order valence-corrected chi connectivity index (χ2v) is 6.94. The van der Waals surface area contributed by atoms with E-state index in [9.17, 15) is 13.2 Å². The maximum Gasteiger partial charge on any atom is 0.323 e. The summed E-state index contributed by atoms with van der Waals surface area (Å²) in [4.78, 5) is 12.7. The van der Waals surface area contributed by atoms with Gasteiger partial charge in [-0.25, -0.2) is 8.42 Å². The van der Waals surface area contributed by atoms with Gasteiger partial charge in [-0.05, 0) is 31.5 Å². The summed E-state index contributed by atoms with van der Waals surface area (Å²) < 4.78 is 24.3. The zero-order chi connectivity index (χ0) is 13.5. The average Bonchev–Trinajstić information content (AvgIpc) is 2.25. The van der Waals surface area contributed by atoms with Crippen LogP contribution in [0.3, 0.4) is 0 Å². The molecule has 0 fully saturated rings. The van der Waals surface area contributed by atoms with Gasteiger partial charge in [-0.15, -0.1) is 0 Å². The Hall–Kier alpha value is -1.56. The normalized spacial score (nSPS) is 21.4. The first-order valence-corrected chi connectivity index (χ1v) is 7.18. The van der Waals surface area contributed by atoms with Crippen LogP contribution >= 0.6 is 0 Å². The summed E-state index contributed by atoms with van der Waals surface area (Å²) >= 11 is 0. The SMILES string of the molecule is Cc1ccc2c(c1)N(CC(=O)O)CC(C)S2(=O)=O. The van der Waals surface area contributed by atoms with E-state index < -0.39 is 21.1 Å². The Kier molecular flexibility index (Phi) is 3.06. The van der Waals surface area contributed by atoms with Crippen molar-refractivity contribution < 1.29 is 18.3 Å². The second kappa shape index (κ2) is 4.28. The van der Waals surface area contributed by atoms with Gasteiger partial charge in [-0.2, -0.15) is 0 Å². The van der Waals surface area contributed by atoms with Crippen molar-refractivity contribution in [3.8, 4) is 0 Å². The zero-order valence-corrected chi connectivity index (χ0v) is 11.1. The molecule has 0 bridgehead atoms. The summed E-state index contributed by atoms with van der Waals surface area (Å²) in [5.74, 6) is -0.964. The summed E-state index contributed by atoms with van der Waals surface area (Å²) in [6.07, 6.45) is 0. The van der Waals surface area contributed by atoms with Crippen LogP contribution in [0.4, 0.5) is 5.69 Å². The third kappa shape index (κ3) is 2.08. The lowest BCUT2D eigenvalue weighted by atomic mass is 10.2. The molecular weight excluding hydrogens is 254 g/mol. The lowest BCUT2D eigenvalue weighted by molar-refractivity contribution is -0.135. The van der Waals surface area contributed by atoms with E-state index in [1.165, 1.54) is 0 Å². The molecule has 0 aromatic heterocycles. The number of aryl methyl sites for hydroxylation is 1. The number of fused-ring (bicyclic) bond motifs is 1. The molecule has 0 saturated carbocycles. The van der Waals surface area contributed by atoms with Crippen molar-refractivity contribution in [3.05, 3.63) is 23.8 Å². The lowest BCUT2D eigenvalue weighted by Gasteiger charge is -2.33. The number of anilines is 1. The number of aliphatic carboxylic acids is 1. The van der Waals surface area contributed by atoms with E-state index in [4.69, 9.17) is 5.11 Å². The number of sulfone groups is 1. The van der Waals surface area contributed by atoms with Crippen LogP contribution in [0.1, 0.15) is 12.5 Å². The molecule has 0 aliphatic carbocycles. The van der Waals surface area contributed by atoms with E-state index in [1.54, 1.807) is 30.0 Å². The van der Waals surface area contributed by atoms with E-state index in [0.29, 0.717) is 5.69 Å². The van der Waals surface area contributed by atoms with Crippen LogP contribution in [-0.2, 0) is 14.6 Å². The molecule has 0 amide bonds. The number of hydrogen-bond donors (Lipinski definition) is 1. The summed E-state index contributed by atoms with van der Waals surface area (Å²) in [5, 5.41) is 8.30. The molecule has 0 radical (unpaired) electrons. The zero-order valence-electron chi connectivity index (χ0n) is 10.3. The van der Waals surface area contributed by atoms with Crippen LogP contribution in [0.25, 0.3) is 0 Å². The predicted octanol–water partition coefficient (Wildman–Crippen LogP) is 1.06. The molecule has 1 aromatic rings. The lowest BCUT2D eigenvalue weighted by Crippen LogP contribution is -2.43. The highest BCUT2D eigenvalue weighted by molar-refractivity contribution is 7.92. The molecule has 1 heterocycles. The fraction of sp³-hybridized carbons (Fsp3) is 0.417. The van der Waals surface area contributed by atoms with Gasteiger partial charge < -0.3 is 10.0 Å². The molecular formula is C12H15NO4S. The fourth-order valence-corrected chi connectivity index (χ4v) is 3.70. The summed E-state index contributed by atoms with van der Waals surface area (Å²) in [5.41, 5.74) is 1.41. The van der Waals surface area contributed by atoms with Crippen molar-refractivity contribution in [3.63, 3.8) is 0 Å². The highest BCUT2D eigenvalue weighted by Gasteiger charge is 2.35. The van der Waals surface area contributed by atoms with E-state index in [0.717, 1.165) is 5.56 Å². The smallest absolute Gasteiger partial charge is 0.323 e. The van der Waals surface area contributed by atoms with Crippen molar-refractivity contribution >= 4 is 21.5 Å². The highest BCUT2D eigenvalue weighted by atomic mass is 32.2. The van der Waals surface area contributed by atoms with Gasteiger partial charge in [0.15, 0.2) is 9.84 Å². The van der Waals surface area contributed by atoms with Crippen molar-refractivity contribution in [2.45, 2.75) is 24.0 Å². The molecule has 2 rings (SSSR count). The van der Waals surface area contributed by atoms with Crippen LogP contribution in [0.5, 0.6) is 0 Å². The molecule has 1 N–H and O–H groups in total. The highest BCUT2D eigenvalue weighted by Crippen LogP contribution is 2.34. The van der Waals surface area contributed by atoms with Gasteiger partial charge in [-0.1, -0.05) is 6.07 Å². The van der Waals surface area contributed by atoms with Gasteiger partial charge in [-0.3, -0.25) is 4.79 Å². The number of carbonyl (C=O) groups is 1. The summed E-state index contributed by atoms with van der Waals surface area (Å²) in [6, 6.07) is 5.01. The van der Waals surface area contributed by atoms with E-state index in [1.807, 2.05) is 6.92 Å². The first kappa shape index (κ1) is 12.9. The second-order valence-electron chi connectivity index (χ2n) is 4.60. The average molecular weight is 269 g/mol. The molecule has 0 spiro atoms. The first-order chi connectivity index (χ1) is 8.32. The van der Waals surface area contributed by atoms with Crippen LogP contribution < -0.4 is 4.90 Å². The maximum absolute atomic E-state index is 12.2. The molecule has 1 atom stereocenters. The number of carboxylic acid groups (broad SMARTS) is 1. The minimum atomic E-state index is -3.34. The molecule has 5 nitrogen and oxygen atoms in total. The third-order valence-electron chi connectivity index (χ3n) is 3.09. The van der Waals surface area contributed by atoms with Crippen molar-refractivity contribution in [2.24, 2.45) is 0 Å². The monoisotopic (exact) mass is 269 g/mol. The Balaban J connectivity index is 2.58. The van der Waals surface area contributed by atoms with E-state index in [2.05, 4.69) is 0 Å². The van der Waals surface area contributed by atoms with Gasteiger partial charge in [0.2, 0.25) is 0 Å². The number of nitrogens with zero attached hydrogens (tertiary/aromatic N) is 1. The molecule has 1 unspecified atom stereocenters. The fourth-order valence-electron chi connectivity index (χ4n) is 2.15. The van der Waals surface area contributed by atoms with Crippen LogP contribution in [-0.4, -0.2) is 37.8 Å². The number of carboxylic acids is 1. The quantitative estimate of drug-likeness (QED) is 0.869. The Morgan fingerprint density at radius 2 is 2.17 bits per heavy atom. The van der Waals surface area contributed by atoms with Crippen molar-refractivity contribution in [1.82, 2.24) is 0 Å². The topological polar surface area (TPSA) is 74.7 Å². The molecule has 1 aliphatic rings. The predicted molar refractivity (Wildman–Crippen MR) is 67.7 cm³/mol. The van der Waals surface area contributed by atoms with E-state index in [-0.39, 0.29) is 18.0 Å². The van der Waals surface area contributed by atoms with Gasteiger partial charge in [0, 0.05) is 6.54 Å². The molecule has 98 valence electrons. The maximum atomic E-state index is 12.2. The third-order valence-corrected chi connectivity index (χ3v) is 5.26.